The molecule has 0 spiro atoms. The summed E-state index contributed by atoms with van der Waals surface area (Å²) in [6.45, 7) is 11.5. The summed E-state index contributed by atoms with van der Waals surface area (Å²) in [5.41, 5.74) is 2.75. The first kappa shape index (κ1) is 14.2. The molecule has 0 aliphatic rings. The molecule has 1 N–H and O–H groups in total. The summed E-state index contributed by atoms with van der Waals surface area (Å²) in [4.78, 5) is 0. The van der Waals surface area contributed by atoms with Gasteiger partial charge in [0.25, 0.3) is 0 Å². The third-order valence-corrected chi connectivity index (χ3v) is 2.09. The fourth-order valence-corrected chi connectivity index (χ4v) is 1.26. The molecule has 1 rings (SSSR count). The number of aryl methyl sites for hydroxylation is 1. The van der Waals surface area contributed by atoms with Crippen molar-refractivity contribution < 1.29 is 1.43 Å². The Bertz CT molecular complexity index is 241. The van der Waals surface area contributed by atoms with Gasteiger partial charge in [-0.15, -0.1) is 0 Å². The quantitative estimate of drug-likeness (QED) is 0.795. The lowest BCUT2D eigenvalue weighted by Gasteiger charge is -2.07. The van der Waals surface area contributed by atoms with Crippen LogP contribution in [-0.4, -0.2) is 12.6 Å². The van der Waals surface area contributed by atoms with Crippen LogP contribution in [-0.2, 0) is 6.42 Å². The zero-order valence-electron chi connectivity index (χ0n) is 10.8. The average Bonchev–Trinajstić information content (AvgIpc) is 2.23. The molecule has 0 saturated carbocycles. The highest BCUT2D eigenvalue weighted by Crippen LogP contribution is 2.03. The number of benzene rings is 1. The van der Waals surface area contributed by atoms with Gasteiger partial charge < -0.3 is 5.32 Å². The van der Waals surface area contributed by atoms with E-state index >= 15 is 0 Å². The Morgan fingerprint density at radius 2 is 1.67 bits per heavy atom. The fourth-order valence-electron chi connectivity index (χ4n) is 1.26. The Labute approximate surface area is 96.4 Å². The molecule has 1 heteroatoms. The van der Waals surface area contributed by atoms with Crippen molar-refractivity contribution in [3.8, 4) is 0 Å². The molecule has 0 atom stereocenters. The second kappa shape index (κ2) is 8.49. The first-order chi connectivity index (χ1) is 7.18. The summed E-state index contributed by atoms with van der Waals surface area (Å²) >= 11 is 0. The van der Waals surface area contributed by atoms with Gasteiger partial charge in [-0.25, -0.2) is 0 Å². The van der Waals surface area contributed by atoms with Crippen LogP contribution in [0.3, 0.4) is 0 Å². The van der Waals surface area contributed by atoms with Gasteiger partial charge in [-0.05, 0) is 25.5 Å². The summed E-state index contributed by atoms with van der Waals surface area (Å²) < 4.78 is 0. The maximum absolute atomic E-state index is 3.41. The van der Waals surface area contributed by atoms with Crippen molar-refractivity contribution in [3.05, 3.63) is 35.4 Å². The molecule has 0 heterocycles. The predicted molar refractivity (Wildman–Crippen MR) is 71.5 cm³/mol. The van der Waals surface area contributed by atoms with Crippen LogP contribution in [0.2, 0.25) is 0 Å². The molecule has 0 amide bonds. The maximum atomic E-state index is 3.41. The molecule has 0 fully saturated rings. The zero-order valence-corrected chi connectivity index (χ0v) is 10.8. The summed E-state index contributed by atoms with van der Waals surface area (Å²) in [6.07, 6.45) is 1.12. The van der Waals surface area contributed by atoms with E-state index < -0.39 is 0 Å². The van der Waals surface area contributed by atoms with Crippen molar-refractivity contribution in [1.82, 2.24) is 5.32 Å². The Morgan fingerprint density at radius 3 is 2.13 bits per heavy atom. The second-order valence-corrected chi connectivity index (χ2v) is 3.84. The van der Waals surface area contributed by atoms with Crippen LogP contribution >= 0.6 is 0 Å². The lowest BCUT2D eigenvalue weighted by molar-refractivity contribution is 0.590. The fraction of sp³-hybridized carbons (Fsp3) is 0.571. The normalized spacial score (nSPS) is 9.73. The van der Waals surface area contributed by atoms with Crippen LogP contribution in [0.1, 0.15) is 40.2 Å². The van der Waals surface area contributed by atoms with Crippen molar-refractivity contribution in [2.75, 3.05) is 6.54 Å². The van der Waals surface area contributed by atoms with Crippen molar-refractivity contribution in [2.24, 2.45) is 0 Å². The molecule has 0 radical (unpaired) electrons. The van der Waals surface area contributed by atoms with E-state index in [1.54, 1.807) is 0 Å². The lowest BCUT2D eigenvalue weighted by atomic mass is 10.1. The number of nitrogens with one attached hydrogen (secondary N) is 1. The molecular weight excluding hydrogens is 182 g/mol. The van der Waals surface area contributed by atoms with Gasteiger partial charge in [0.05, 0.1) is 0 Å². The highest BCUT2D eigenvalue weighted by molar-refractivity contribution is 5.21. The van der Waals surface area contributed by atoms with Gasteiger partial charge in [-0.2, -0.15) is 0 Å². The molecular formula is C14H27N. The third-order valence-electron chi connectivity index (χ3n) is 2.09. The van der Waals surface area contributed by atoms with E-state index in [2.05, 4.69) is 50.4 Å². The van der Waals surface area contributed by atoms with E-state index in [1.807, 2.05) is 13.8 Å². The zero-order chi connectivity index (χ0) is 11.7. The number of hydrogen-bond donors (Lipinski definition) is 1. The molecule has 0 aromatic heterocycles. The van der Waals surface area contributed by atoms with Crippen LogP contribution in [0.5, 0.6) is 0 Å². The van der Waals surface area contributed by atoms with Crippen molar-refractivity contribution in [3.63, 3.8) is 0 Å². The minimum absolute atomic E-state index is 0. The van der Waals surface area contributed by atoms with Gasteiger partial charge in [0, 0.05) is 7.47 Å². The van der Waals surface area contributed by atoms with Gasteiger partial charge in [0.2, 0.25) is 0 Å². The van der Waals surface area contributed by atoms with Crippen LogP contribution in [0.4, 0.5) is 0 Å². The standard InChI is InChI=1S/C12H19N.C2H6.H2/c1-10(2)13-9-8-12-6-4-11(3)5-7-12;1-2;/h4-7,10,13H,8-9H2,1-3H3;1-2H3;1H. The van der Waals surface area contributed by atoms with Crippen LogP contribution in [0.15, 0.2) is 24.3 Å². The van der Waals surface area contributed by atoms with Crippen LogP contribution in [0, 0.1) is 6.92 Å². The summed E-state index contributed by atoms with van der Waals surface area (Å²) in [6, 6.07) is 9.34. The summed E-state index contributed by atoms with van der Waals surface area (Å²) in [7, 11) is 0. The molecule has 0 bridgehead atoms. The highest BCUT2D eigenvalue weighted by Gasteiger charge is 1.94. The smallest absolute Gasteiger partial charge is 0.00105 e. The predicted octanol–water partition coefficient (Wildman–Crippen LogP) is 3.81. The topological polar surface area (TPSA) is 12.0 Å². The maximum Gasteiger partial charge on any atom is 0.00105 e. The van der Waals surface area contributed by atoms with Crippen molar-refractivity contribution in [1.29, 1.82) is 0 Å². The Kier molecular flexibility index (Phi) is 8.02. The minimum atomic E-state index is 0. The Balaban J connectivity index is 0. The molecule has 1 aromatic carbocycles. The van der Waals surface area contributed by atoms with Gasteiger partial charge >= 0.3 is 0 Å². The van der Waals surface area contributed by atoms with Crippen LogP contribution in [0.25, 0.3) is 0 Å². The summed E-state index contributed by atoms with van der Waals surface area (Å²) in [5, 5.41) is 3.41. The van der Waals surface area contributed by atoms with E-state index in [0.29, 0.717) is 6.04 Å². The van der Waals surface area contributed by atoms with Gasteiger partial charge in [-0.3, -0.25) is 0 Å². The molecule has 1 nitrogen and oxygen atoms in total. The van der Waals surface area contributed by atoms with E-state index in [-0.39, 0.29) is 1.43 Å². The second-order valence-electron chi connectivity index (χ2n) is 3.84. The number of hydrogen-bond acceptors (Lipinski definition) is 1. The van der Waals surface area contributed by atoms with E-state index in [4.69, 9.17) is 0 Å². The monoisotopic (exact) mass is 209 g/mol. The van der Waals surface area contributed by atoms with E-state index in [9.17, 15) is 0 Å². The molecule has 0 saturated heterocycles. The first-order valence-corrected chi connectivity index (χ1v) is 5.97. The van der Waals surface area contributed by atoms with Crippen molar-refractivity contribution >= 4 is 0 Å². The molecule has 0 unspecified atom stereocenters. The third kappa shape index (κ3) is 7.15. The molecule has 88 valence electrons. The minimum Gasteiger partial charge on any atom is -0.314 e. The van der Waals surface area contributed by atoms with Gasteiger partial charge in [0.15, 0.2) is 0 Å². The molecule has 1 aromatic rings. The SMILES string of the molecule is CC.Cc1ccc(CCNC(C)C)cc1.[HH]. The van der Waals surface area contributed by atoms with Gasteiger partial charge in [-0.1, -0.05) is 57.5 Å². The molecule has 15 heavy (non-hydrogen) atoms. The first-order valence-electron chi connectivity index (χ1n) is 5.97. The van der Waals surface area contributed by atoms with Gasteiger partial charge in [0.1, 0.15) is 0 Å². The van der Waals surface area contributed by atoms with E-state index in [1.165, 1.54) is 11.1 Å². The molecule has 0 aliphatic carbocycles. The Hall–Kier alpha value is -0.820. The largest absolute Gasteiger partial charge is 0.314 e. The van der Waals surface area contributed by atoms with Crippen LogP contribution < -0.4 is 5.32 Å². The van der Waals surface area contributed by atoms with E-state index in [0.717, 1.165) is 13.0 Å². The summed E-state index contributed by atoms with van der Waals surface area (Å²) in [5.74, 6) is 0. The highest BCUT2D eigenvalue weighted by atomic mass is 14.9. The molecule has 0 aliphatic heterocycles. The average molecular weight is 209 g/mol. The Morgan fingerprint density at radius 1 is 1.13 bits per heavy atom. The number of rotatable bonds is 4. The van der Waals surface area contributed by atoms with Crippen molar-refractivity contribution in [2.45, 2.75) is 47.1 Å². The lowest BCUT2D eigenvalue weighted by Crippen LogP contribution is -2.24.